The molecule has 0 heterocycles. The van der Waals surface area contributed by atoms with Gasteiger partial charge in [0.2, 0.25) is 0 Å². The summed E-state index contributed by atoms with van der Waals surface area (Å²) in [6.45, 7) is 5.25. The van der Waals surface area contributed by atoms with Gasteiger partial charge in [-0.2, -0.15) is 0 Å². The summed E-state index contributed by atoms with van der Waals surface area (Å²) in [5.74, 6) is 2.20. The number of nitrogens with zero attached hydrogens (tertiary/aromatic N) is 1. The zero-order valence-corrected chi connectivity index (χ0v) is 13.8. The molecule has 0 saturated heterocycles. The van der Waals surface area contributed by atoms with Crippen molar-refractivity contribution in [3.05, 3.63) is 23.8 Å². The highest BCUT2D eigenvalue weighted by atomic mass is 16.5. The lowest BCUT2D eigenvalue weighted by molar-refractivity contribution is 0.186. The molecule has 0 radical (unpaired) electrons. The Labute approximate surface area is 132 Å². The Bertz CT molecular complexity index is 467. The van der Waals surface area contributed by atoms with Crippen LogP contribution in [-0.4, -0.2) is 38.4 Å². The third-order valence-electron chi connectivity index (χ3n) is 3.22. The number of hydrogen-bond acceptors (Lipinski definition) is 4. The molecule has 0 fully saturated rings. The largest absolute Gasteiger partial charge is 0.497 e. The van der Waals surface area contributed by atoms with Gasteiger partial charge in [0.25, 0.3) is 0 Å². The van der Waals surface area contributed by atoms with Crippen molar-refractivity contribution >= 4 is 5.96 Å². The Balaban J connectivity index is 2.62. The molecular formula is C16H27N3O3. The molecule has 0 amide bonds. The number of methoxy groups -OCH3 is 2. The summed E-state index contributed by atoms with van der Waals surface area (Å²) in [6.07, 6.45) is 0.251. The first-order valence-corrected chi connectivity index (χ1v) is 7.41. The number of guanidine groups is 1. The fraction of sp³-hybridized carbons (Fsp3) is 0.562. The average molecular weight is 309 g/mol. The van der Waals surface area contributed by atoms with Gasteiger partial charge in [0.1, 0.15) is 11.5 Å². The predicted molar refractivity (Wildman–Crippen MR) is 88.5 cm³/mol. The number of ether oxygens (including phenoxy) is 2. The maximum absolute atomic E-state index is 10.2. The standard InChI is InChI=1S/C16H27N3O3/c1-11(2)5-6-18-16(17)19-10-15(20)12-7-13(21-3)9-14(8-12)22-4/h7-9,11,15,20H,5-6,10H2,1-4H3,(H3,17,18,19). The molecule has 0 spiro atoms. The van der Waals surface area contributed by atoms with Crippen molar-refractivity contribution in [2.45, 2.75) is 26.4 Å². The highest BCUT2D eigenvalue weighted by molar-refractivity contribution is 5.77. The zero-order chi connectivity index (χ0) is 16.5. The van der Waals surface area contributed by atoms with Crippen molar-refractivity contribution < 1.29 is 14.6 Å². The first kappa shape index (κ1) is 18.1. The number of aliphatic hydroxyl groups excluding tert-OH is 1. The predicted octanol–water partition coefficient (Wildman–Crippen LogP) is 1.69. The van der Waals surface area contributed by atoms with Crippen LogP contribution in [0.25, 0.3) is 0 Å². The van der Waals surface area contributed by atoms with Crippen molar-refractivity contribution in [3.8, 4) is 11.5 Å². The molecule has 1 aromatic carbocycles. The number of aliphatic hydroxyl groups is 1. The van der Waals surface area contributed by atoms with E-state index in [4.69, 9.17) is 15.2 Å². The second kappa shape index (κ2) is 9.15. The smallest absolute Gasteiger partial charge is 0.188 e. The highest BCUT2D eigenvalue weighted by Crippen LogP contribution is 2.26. The lowest BCUT2D eigenvalue weighted by Gasteiger charge is -2.13. The van der Waals surface area contributed by atoms with E-state index in [-0.39, 0.29) is 6.54 Å². The lowest BCUT2D eigenvalue weighted by atomic mass is 10.1. The van der Waals surface area contributed by atoms with Gasteiger partial charge in [-0.15, -0.1) is 0 Å². The van der Waals surface area contributed by atoms with E-state index >= 15 is 0 Å². The molecule has 1 rings (SSSR count). The summed E-state index contributed by atoms with van der Waals surface area (Å²) in [5, 5.41) is 13.3. The van der Waals surface area contributed by atoms with Crippen LogP contribution >= 0.6 is 0 Å². The normalized spacial score (nSPS) is 13.1. The van der Waals surface area contributed by atoms with Crippen molar-refractivity contribution in [1.82, 2.24) is 5.32 Å². The number of nitrogens with one attached hydrogen (secondary N) is 1. The van der Waals surface area contributed by atoms with E-state index in [1.54, 1.807) is 32.4 Å². The quantitative estimate of drug-likeness (QED) is 0.502. The van der Waals surface area contributed by atoms with Crippen LogP contribution in [0, 0.1) is 5.92 Å². The summed E-state index contributed by atoms with van der Waals surface area (Å²) >= 11 is 0. The minimum absolute atomic E-state index is 0.177. The summed E-state index contributed by atoms with van der Waals surface area (Å²) in [4.78, 5) is 4.16. The molecule has 22 heavy (non-hydrogen) atoms. The SMILES string of the molecule is COc1cc(OC)cc(C(O)CN=C(N)NCCC(C)C)c1. The van der Waals surface area contributed by atoms with Crippen molar-refractivity contribution in [2.24, 2.45) is 16.6 Å². The zero-order valence-electron chi connectivity index (χ0n) is 13.8. The van der Waals surface area contributed by atoms with E-state index in [0.717, 1.165) is 13.0 Å². The van der Waals surface area contributed by atoms with Crippen molar-refractivity contribution in [3.63, 3.8) is 0 Å². The van der Waals surface area contributed by atoms with Crippen LogP contribution in [0.2, 0.25) is 0 Å². The van der Waals surface area contributed by atoms with E-state index in [1.165, 1.54) is 0 Å². The van der Waals surface area contributed by atoms with Gasteiger partial charge in [-0.05, 0) is 30.0 Å². The second-order valence-electron chi connectivity index (χ2n) is 5.50. The molecule has 0 aliphatic carbocycles. The van der Waals surface area contributed by atoms with Crippen LogP contribution in [-0.2, 0) is 0 Å². The van der Waals surface area contributed by atoms with E-state index in [9.17, 15) is 5.11 Å². The van der Waals surface area contributed by atoms with Gasteiger partial charge in [-0.1, -0.05) is 13.8 Å². The minimum atomic E-state index is -0.769. The van der Waals surface area contributed by atoms with Gasteiger partial charge >= 0.3 is 0 Å². The fourth-order valence-electron chi connectivity index (χ4n) is 1.86. The molecule has 1 aromatic rings. The monoisotopic (exact) mass is 309 g/mol. The third-order valence-corrected chi connectivity index (χ3v) is 3.22. The van der Waals surface area contributed by atoms with E-state index < -0.39 is 6.10 Å². The maximum atomic E-state index is 10.2. The Hall–Kier alpha value is -1.95. The summed E-state index contributed by atoms with van der Waals surface area (Å²) in [5.41, 5.74) is 6.45. The first-order valence-electron chi connectivity index (χ1n) is 7.41. The Morgan fingerprint density at radius 1 is 1.23 bits per heavy atom. The molecule has 124 valence electrons. The van der Waals surface area contributed by atoms with Crippen LogP contribution in [0.15, 0.2) is 23.2 Å². The summed E-state index contributed by atoms with van der Waals surface area (Å²) in [7, 11) is 3.14. The van der Waals surface area contributed by atoms with Crippen LogP contribution in [0.3, 0.4) is 0 Å². The van der Waals surface area contributed by atoms with Gasteiger partial charge < -0.3 is 25.6 Å². The topological polar surface area (TPSA) is 89.1 Å². The van der Waals surface area contributed by atoms with Gasteiger partial charge in [-0.3, -0.25) is 4.99 Å². The Morgan fingerprint density at radius 3 is 2.32 bits per heavy atom. The molecule has 6 nitrogen and oxygen atoms in total. The molecular weight excluding hydrogens is 282 g/mol. The van der Waals surface area contributed by atoms with E-state index in [0.29, 0.717) is 28.9 Å². The number of hydrogen-bond donors (Lipinski definition) is 3. The molecule has 0 aliphatic rings. The van der Waals surface area contributed by atoms with E-state index in [1.807, 2.05) is 0 Å². The summed E-state index contributed by atoms with van der Waals surface area (Å²) < 4.78 is 10.4. The molecule has 1 unspecified atom stereocenters. The number of aliphatic imine (C=N–C) groups is 1. The van der Waals surface area contributed by atoms with Crippen molar-refractivity contribution in [2.75, 3.05) is 27.3 Å². The number of nitrogens with two attached hydrogens (primary N) is 1. The van der Waals surface area contributed by atoms with Crippen LogP contribution in [0.5, 0.6) is 11.5 Å². The highest BCUT2D eigenvalue weighted by Gasteiger charge is 2.11. The molecule has 6 heteroatoms. The van der Waals surface area contributed by atoms with Crippen LogP contribution < -0.4 is 20.5 Å². The molecule has 1 atom stereocenters. The van der Waals surface area contributed by atoms with Gasteiger partial charge in [0.05, 0.1) is 26.9 Å². The molecule has 0 bridgehead atoms. The molecule has 4 N–H and O–H groups in total. The molecule has 0 aliphatic heterocycles. The fourth-order valence-corrected chi connectivity index (χ4v) is 1.86. The lowest BCUT2D eigenvalue weighted by Crippen LogP contribution is -2.33. The van der Waals surface area contributed by atoms with Crippen molar-refractivity contribution in [1.29, 1.82) is 0 Å². The second-order valence-corrected chi connectivity index (χ2v) is 5.50. The Morgan fingerprint density at radius 2 is 1.82 bits per heavy atom. The minimum Gasteiger partial charge on any atom is -0.497 e. The maximum Gasteiger partial charge on any atom is 0.188 e. The third kappa shape index (κ3) is 6.22. The Kier molecular flexibility index (Phi) is 7.52. The number of rotatable bonds is 8. The van der Waals surface area contributed by atoms with Crippen LogP contribution in [0.4, 0.5) is 0 Å². The van der Waals surface area contributed by atoms with Gasteiger partial charge in [0.15, 0.2) is 5.96 Å². The molecule has 0 aromatic heterocycles. The first-order chi connectivity index (χ1) is 10.5. The number of benzene rings is 1. The van der Waals surface area contributed by atoms with Crippen LogP contribution in [0.1, 0.15) is 31.9 Å². The van der Waals surface area contributed by atoms with E-state index in [2.05, 4.69) is 24.2 Å². The molecule has 0 saturated carbocycles. The average Bonchev–Trinajstić information content (AvgIpc) is 2.51. The van der Waals surface area contributed by atoms with Gasteiger partial charge in [0, 0.05) is 12.6 Å². The van der Waals surface area contributed by atoms with Gasteiger partial charge in [-0.25, -0.2) is 0 Å². The summed E-state index contributed by atoms with van der Waals surface area (Å²) in [6, 6.07) is 5.26.